The maximum Gasteiger partial charge on any atom is 0.274 e. The van der Waals surface area contributed by atoms with Gasteiger partial charge in [-0.15, -0.1) is 0 Å². The normalized spacial score (nSPS) is 10.5. The summed E-state index contributed by atoms with van der Waals surface area (Å²) >= 11 is 11.8. The van der Waals surface area contributed by atoms with Gasteiger partial charge in [-0.2, -0.15) is 0 Å². The molecule has 2 aromatic rings. The van der Waals surface area contributed by atoms with Crippen molar-refractivity contribution < 1.29 is 9.53 Å². The van der Waals surface area contributed by atoms with E-state index in [0.29, 0.717) is 40.5 Å². The lowest BCUT2D eigenvalue weighted by atomic mass is 10.3. The van der Waals surface area contributed by atoms with Gasteiger partial charge in [-0.3, -0.25) is 4.79 Å². The molecule has 8 heteroatoms. The van der Waals surface area contributed by atoms with Gasteiger partial charge >= 0.3 is 0 Å². The lowest BCUT2D eigenvalue weighted by molar-refractivity contribution is 0.102. The topological polar surface area (TPSA) is 76.1 Å². The Morgan fingerprint density at radius 2 is 2.00 bits per heavy atom. The first-order chi connectivity index (χ1) is 11.5. The summed E-state index contributed by atoms with van der Waals surface area (Å²) in [5.74, 6) is 0.753. The monoisotopic (exact) mass is 368 g/mol. The van der Waals surface area contributed by atoms with Crippen molar-refractivity contribution in [3.05, 3.63) is 45.8 Å². The van der Waals surface area contributed by atoms with Crippen LogP contribution in [0.2, 0.25) is 10.0 Å². The van der Waals surface area contributed by atoms with E-state index in [4.69, 9.17) is 27.9 Å². The van der Waals surface area contributed by atoms with Crippen molar-refractivity contribution in [1.82, 2.24) is 9.97 Å². The molecule has 0 radical (unpaired) electrons. The van der Waals surface area contributed by atoms with Crippen LogP contribution in [-0.4, -0.2) is 36.1 Å². The van der Waals surface area contributed by atoms with Crippen LogP contribution in [0, 0.1) is 6.92 Å². The summed E-state index contributed by atoms with van der Waals surface area (Å²) < 4.78 is 4.99. The Balaban J connectivity index is 2.07. The van der Waals surface area contributed by atoms with E-state index in [-0.39, 0.29) is 11.6 Å². The number of rotatable bonds is 7. The molecule has 0 spiro atoms. The molecule has 1 aromatic heterocycles. The molecule has 1 amide bonds. The molecular weight excluding hydrogens is 351 g/mol. The van der Waals surface area contributed by atoms with Crippen molar-refractivity contribution in [2.24, 2.45) is 0 Å². The third kappa shape index (κ3) is 5.33. The van der Waals surface area contributed by atoms with Gasteiger partial charge in [-0.25, -0.2) is 9.97 Å². The molecule has 0 saturated carbocycles. The summed E-state index contributed by atoms with van der Waals surface area (Å²) in [6.07, 6.45) is 0.838. The van der Waals surface area contributed by atoms with Crippen LogP contribution < -0.4 is 10.6 Å². The largest absolute Gasteiger partial charge is 0.385 e. The van der Waals surface area contributed by atoms with Crippen molar-refractivity contribution in [3.63, 3.8) is 0 Å². The van der Waals surface area contributed by atoms with Crippen molar-refractivity contribution in [2.45, 2.75) is 13.3 Å². The zero-order valence-corrected chi connectivity index (χ0v) is 14.9. The Morgan fingerprint density at radius 1 is 1.21 bits per heavy atom. The first kappa shape index (κ1) is 18.4. The molecule has 1 heterocycles. The van der Waals surface area contributed by atoms with Gasteiger partial charge in [0.2, 0.25) is 0 Å². The third-order valence-electron chi connectivity index (χ3n) is 3.08. The van der Waals surface area contributed by atoms with E-state index in [2.05, 4.69) is 20.6 Å². The SMILES string of the molecule is COCCCNc1cc(C(=O)Nc2ccc(Cl)c(Cl)c2)nc(C)n1. The molecule has 0 saturated heterocycles. The maximum atomic E-state index is 12.4. The number of benzene rings is 1. The minimum absolute atomic E-state index is 0.266. The van der Waals surface area contributed by atoms with Crippen molar-refractivity contribution >= 4 is 40.6 Å². The van der Waals surface area contributed by atoms with E-state index in [1.54, 1.807) is 38.3 Å². The molecule has 128 valence electrons. The van der Waals surface area contributed by atoms with Crippen LogP contribution in [0.15, 0.2) is 24.3 Å². The fourth-order valence-electron chi connectivity index (χ4n) is 1.98. The number of amides is 1. The second-order valence-corrected chi connectivity index (χ2v) is 5.86. The number of nitrogens with zero attached hydrogens (tertiary/aromatic N) is 2. The molecule has 0 aliphatic heterocycles. The van der Waals surface area contributed by atoms with Crippen LogP contribution in [-0.2, 0) is 4.74 Å². The first-order valence-electron chi connectivity index (χ1n) is 7.34. The van der Waals surface area contributed by atoms with Crippen LogP contribution in [0.25, 0.3) is 0 Å². The molecule has 6 nitrogen and oxygen atoms in total. The number of nitrogens with one attached hydrogen (secondary N) is 2. The first-order valence-corrected chi connectivity index (χ1v) is 8.10. The molecule has 1 aromatic carbocycles. The lowest BCUT2D eigenvalue weighted by Gasteiger charge is -2.09. The highest BCUT2D eigenvalue weighted by molar-refractivity contribution is 6.42. The predicted molar refractivity (Wildman–Crippen MR) is 96.2 cm³/mol. The summed E-state index contributed by atoms with van der Waals surface area (Å²) in [6, 6.07) is 6.48. The zero-order chi connectivity index (χ0) is 17.5. The van der Waals surface area contributed by atoms with Crippen molar-refractivity contribution in [2.75, 3.05) is 30.9 Å². The fraction of sp³-hybridized carbons (Fsp3) is 0.312. The van der Waals surface area contributed by atoms with Crippen molar-refractivity contribution in [1.29, 1.82) is 0 Å². The average molecular weight is 369 g/mol. The van der Waals surface area contributed by atoms with Crippen LogP contribution in [0.1, 0.15) is 22.7 Å². The number of carbonyl (C=O) groups excluding carboxylic acids is 1. The second kappa shape index (κ2) is 8.82. The van der Waals surface area contributed by atoms with E-state index in [1.807, 2.05) is 0 Å². The van der Waals surface area contributed by atoms with Gasteiger partial charge in [0.05, 0.1) is 10.0 Å². The minimum atomic E-state index is -0.348. The molecule has 0 aliphatic carbocycles. The fourth-order valence-corrected chi connectivity index (χ4v) is 2.27. The summed E-state index contributed by atoms with van der Waals surface area (Å²) in [6.45, 7) is 3.08. The molecule has 0 atom stereocenters. The molecule has 0 aliphatic rings. The highest BCUT2D eigenvalue weighted by Crippen LogP contribution is 2.25. The van der Waals surface area contributed by atoms with Crippen LogP contribution in [0.3, 0.4) is 0 Å². The highest BCUT2D eigenvalue weighted by atomic mass is 35.5. The molecular formula is C16H18Cl2N4O2. The van der Waals surface area contributed by atoms with Gasteiger partial charge in [-0.1, -0.05) is 23.2 Å². The Labute approximate surface area is 150 Å². The molecule has 2 rings (SSSR count). The standard InChI is InChI=1S/C16H18Cl2N4O2/c1-10-20-14(9-15(21-10)19-6-3-7-24-2)16(23)22-11-4-5-12(17)13(18)8-11/h4-5,8-9H,3,6-7H2,1-2H3,(H,22,23)(H,19,20,21). The number of hydrogen-bond acceptors (Lipinski definition) is 5. The van der Waals surface area contributed by atoms with Gasteiger partial charge in [0.1, 0.15) is 17.3 Å². The third-order valence-corrected chi connectivity index (χ3v) is 3.82. The lowest BCUT2D eigenvalue weighted by Crippen LogP contribution is -2.16. The van der Waals surface area contributed by atoms with E-state index in [9.17, 15) is 4.79 Å². The van der Waals surface area contributed by atoms with Gasteiger partial charge in [-0.05, 0) is 31.5 Å². The Morgan fingerprint density at radius 3 is 2.71 bits per heavy atom. The predicted octanol–water partition coefficient (Wildman–Crippen LogP) is 3.79. The summed E-state index contributed by atoms with van der Waals surface area (Å²) in [5, 5.41) is 6.68. The minimum Gasteiger partial charge on any atom is -0.385 e. The Bertz CT molecular complexity index is 725. The number of aromatic nitrogens is 2. The molecule has 0 fully saturated rings. The number of aryl methyl sites for hydroxylation is 1. The summed E-state index contributed by atoms with van der Waals surface area (Å²) in [7, 11) is 1.65. The number of hydrogen-bond donors (Lipinski definition) is 2. The molecule has 24 heavy (non-hydrogen) atoms. The molecule has 0 bridgehead atoms. The molecule has 2 N–H and O–H groups in total. The number of carbonyl (C=O) groups is 1. The van der Waals surface area contributed by atoms with Gasteiger partial charge < -0.3 is 15.4 Å². The maximum absolute atomic E-state index is 12.4. The smallest absolute Gasteiger partial charge is 0.274 e. The molecule has 0 unspecified atom stereocenters. The number of methoxy groups -OCH3 is 1. The number of anilines is 2. The van der Waals surface area contributed by atoms with Crippen LogP contribution >= 0.6 is 23.2 Å². The summed E-state index contributed by atoms with van der Waals surface area (Å²) in [5.41, 5.74) is 0.808. The van der Waals surface area contributed by atoms with Crippen molar-refractivity contribution in [3.8, 4) is 0 Å². The quantitative estimate of drug-likeness (QED) is 0.727. The van der Waals surface area contributed by atoms with Crippen LogP contribution in [0.4, 0.5) is 11.5 Å². The highest BCUT2D eigenvalue weighted by Gasteiger charge is 2.11. The van der Waals surface area contributed by atoms with E-state index in [0.717, 1.165) is 6.42 Å². The van der Waals surface area contributed by atoms with E-state index in [1.165, 1.54) is 0 Å². The van der Waals surface area contributed by atoms with Gasteiger partial charge in [0.15, 0.2) is 0 Å². The number of halogens is 2. The second-order valence-electron chi connectivity index (χ2n) is 5.04. The average Bonchev–Trinajstić information content (AvgIpc) is 2.54. The van der Waals surface area contributed by atoms with Crippen LogP contribution in [0.5, 0.6) is 0 Å². The number of ether oxygens (including phenoxy) is 1. The van der Waals surface area contributed by atoms with Gasteiger partial charge in [0.25, 0.3) is 5.91 Å². The Kier molecular flexibility index (Phi) is 6.78. The van der Waals surface area contributed by atoms with Gasteiger partial charge in [0, 0.05) is 32.0 Å². The van der Waals surface area contributed by atoms with E-state index < -0.39 is 0 Å². The Hall–Kier alpha value is -1.89. The van der Waals surface area contributed by atoms with E-state index >= 15 is 0 Å². The zero-order valence-electron chi connectivity index (χ0n) is 13.4. The summed E-state index contributed by atoms with van der Waals surface area (Å²) in [4.78, 5) is 20.8.